The summed E-state index contributed by atoms with van der Waals surface area (Å²) in [6.45, 7) is 6.68. The van der Waals surface area contributed by atoms with Crippen LogP contribution in [0.2, 0.25) is 0 Å². The van der Waals surface area contributed by atoms with Crippen molar-refractivity contribution < 1.29 is 4.79 Å². The Morgan fingerprint density at radius 1 is 1.15 bits per heavy atom. The number of nitrogens with zero attached hydrogens (tertiary/aromatic N) is 4. The van der Waals surface area contributed by atoms with Crippen LogP contribution in [-0.2, 0) is 23.9 Å². The minimum absolute atomic E-state index is 0.0529. The van der Waals surface area contributed by atoms with E-state index in [0.29, 0.717) is 0 Å². The maximum Gasteiger partial charge on any atom is 0.217 e. The van der Waals surface area contributed by atoms with Crippen molar-refractivity contribution in [1.29, 1.82) is 0 Å². The summed E-state index contributed by atoms with van der Waals surface area (Å²) >= 11 is 0. The summed E-state index contributed by atoms with van der Waals surface area (Å²) in [7, 11) is 2.05. The molecular formula is C20H27N5O. The first-order valence-corrected chi connectivity index (χ1v) is 9.39. The minimum Gasteiger partial charge on any atom is -0.347 e. The molecule has 4 rings (SSSR count). The Bertz CT molecular complexity index is 770. The molecular weight excluding hydrogens is 326 g/mol. The van der Waals surface area contributed by atoms with E-state index in [9.17, 15) is 4.79 Å². The number of imidazole rings is 1. The van der Waals surface area contributed by atoms with Crippen LogP contribution in [0.15, 0.2) is 36.7 Å². The van der Waals surface area contributed by atoms with Crippen LogP contribution in [0.1, 0.15) is 30.9 Å². The Balaban J connectivity index is 1.33. The number of aromatic nitrogens is 2. The molecule has 2 aromatic rings. The highest BCUT2D eigenvalue weighted by atomic mass is 16.1. The molecule has 1 N–H and O–H groups in total. The third-order valence-electron chi connectivity index (χ3n) is 5.53. The molecule has 1 aliphatic carbocycles. The molecule has 6 nitrogen and oxygen atoms in total. The number of carbonyl (C=O) groups excluding carboxylic acids is 1. The Morgan fingerprint density at radius 2 is 1.85 bits per heavy atom. The largest absolute Gasteiger partial charge is 0.347 e. The second-order valence-electron chi connectivity index (χ2n) is 7.56. The summed E-state index contributed by atoms with van der Waals surface area (Å²) in [5.41, 5.74) is 2.46. The predicted octanol–water partition coefficient (Wildman–Crippen LogP) is 1.87. The number of rotatable bonds is 5. The molecule has 0 radical (unpaired) electrons. The van der Waals surface area contributed by atoms with Gasteiger partial charge in [-0.2, -0.15) is 0 Å². The first-order chi connectivity index (χ1) is 12.6. The van der Waals surface area contributed by atoms with Gasteiger partial charge in [0.2, 0.25) is 11.9 Å². The van der Waals surface area contributed by atoms with E-state index in [4.69, 9.17) is 0 Å². The number of nitrogens with one attached hydrogen (secondary N) is 1. The van der Waals surface area contributed by atoms with Gasteiger partial charge in [0.25, 0.3) is 0 Å². The average Bonchev–Trinajstić information content (AvgIpc) is 3.27. The molecule has 1 saturated carbocycles. The number of hydrogen-bond donors (Lipinski definition) is 1. The van der Waals surface area contributed by atoms with Gasteiger partial charge in [-0.15, -0.1) is 0 Å². The normalized spacial score (nSPS) is 19.4. The maximum absolute atomic E-state index is 11.4. The zero-order valence-corrected chi connectivity index (χ0v) is 15.6. The molecule has 2 aliphatic rings. The van der Waals surface area contributed by atoms with E-state index in [1.165, 1.54) is 11.1 Å². The van der Waals surface area contributed by atoms with Gasteiger partial charge in [-0.05, 0) is 24.0 Å². The zero-order valence-electron chi connectivity index (χ0n) is 15.6. The lowest BCUT2D eigenvalue weighted by molar-refractivity contribution is -0.120. The molecule has 1 saturated heterocycles. The van der Waals surface area contributed by atoms with Crippen molar-refractivity contribution in [3.05, 3.63) is 47.8 Å². The second kappa shape index (κ2) is 6.76. The van der Waals surface area contributed by atoms with E-state index in [1.807, 2.05) is 19.4 Å². The van der Waals surface area contributed by atoms with Crippen LogP contribution >= 0.6 is 0 Å². The highest BCUT2D eigenvalue weighted by molar-refractivity contribution is 5.74. The van der Waals surface area contributed by atoms with E-state index in [0.717, 1.165) is 51.5 Å². The number of hydrogen-bond acceptors (Lipinski definition) is 4. The number of carbonyl (C=O) groups is 1. The fraction of sp³-hybridized carbons (Fsp3) is 0.500. The van der Waals surface area contributed by atoms with Crippen LogP contribution in [0, 0.1) is 0 Å². The van der Waals surface area contributed by atoms with Gasteiger partial charge in [0.15, 0.2) is 0 Å². The highest BCUT2D eigenvalue weighted by Crippen LogP contribution is 2.45. The third-order valence-corrected chi connectivity index (χ3v) is 5.53. The zero-order chi connectivity index (χ0) is 18.1. The number of aryl methyl sites for hydroxylation is 1. The fourth-order valence-electron chi connectivity index (χ4n) is 3.90. The van der Waals surface area contributed by atoms with Crippen molar-refractivity contribution in [3.63, 3.8) is 0 Å². The second-order valence-corrected chi connectivity index (χ2v) is 7.56. The van der Waals surface area contributed by atoms with Gasteiger partial charge in [-0.3, -0.25) is 9.69 Å². The lowest BCUT2D eigenvalue weighted by Gasteiger charge is -2.35. The van der Waals surface area contributed by atoms with E-state index < -0.39 is 0 Å². The summed E-state index contributed by atoms with van der Waals surface area (Å²) in [4.78, 5) is 20.7. The van der Waals surface area contributed by atoms with E-state index in [1.54, 1.807) is 6.92 Å². The van der Waals surface area contributed by atoms with Gasteiger partial charge >= 0.3 is 0 Å². The molecule has 0 bridgehead atoms. The van der Waals surface area contributed by atoms with Crippen LogP contribution in [0.4, 0.5) is 5.95 Å². The first-order valence-electron chi connectivity index (χ1n) is 9.39. The van der Waals surface area contributed by atoms with Crippen molar-refractivity contribution in [2.75, 3.05) is 31.1 Å². The number of piperazine rings is 1. The molecule has 1 amide bonds. The Labute approximate surface area is 154 Å². The smallest absolute Gasteiger partial charge is 0.217 e. The van der Waals surface area contributed by atoms with Crippen molar-refractivity contribution in [1.82, 2.24) is 19.8 Å². The Morgan fingerprint density at radius 3 is 2.38 bits per heavy atom. The predicted molar refractivity (Wildman–Crippen MR) is 102 cm³/mol. The van der Waals surface area contributed by atoms with Crippen LogP contribution in [-0.4, -0.2) is 46.5 Å². The van der Waals surface area contributed by atoms with Gasteiger partial charge < -0.3 is 14.8 Å². The van der Waals surface area contributed by atoms with Crippen molar-refractivity contribution in [2.45, 2.75) is 31.8 Å². The highest BCUT2D eigenvalue weighted by Gasteiger charge is 2.44. The lowest BCUT2D eigenvalue weighted by atomic mass is 10.0. The monoisotopic (exact) mass is 353 g/mol. The summed E-state index contributed by atoms with van der Waals surface area (Å²) in [5, 5.41) is 3.11. The quantitative estimate of drug-likeness (QED) is 0.892. The van der Waals surface area contributed by atoms with Crippen molar-refractivity contribution in [3.8, 4) is 0 Å². The van der Waals surface area contributed by atoms with Gasteiger partial charge in [0, 0.05) is 59.1 Å². The Kier molecular flexibility index (Phi) is 4.44. The van der Waals surface area contributed by atoms with Crippen LogP contribution < -0.4 is 10.2 Å². The molecule has 0 unspecified atom stereocenters. The maximum atomic E-state index is 11.4. The summed E-state index contributed by atoms with van der Waals surface area (Å²) in [6, 6.07) is 8.79. The van der Waals surface area contributed by atoms with Gasteiger partial charge in [0.1, 0.15) is 0 Å². The van der Waals surface area contributed by atoms with E-state index in [-0.39, 0.29) is 11.4 Å². The van der Waals surface area contributed by atoms with E-state index >= 15 is 0 Å². The fourth-order valence-corrected chi connectivity index (χ4v) is 3.90. The number of amides is 1. The molecule has 6 heteroatoms. The molecule has 138 valence electrons. The SMILES string of the molecule is CC(=O)NC1(c2ccc(CN3CCN(c4nccn4C)CC3)cc2)CC1. The molecule has 0 spiro atoms. The average molecular weight is 353 g/mol. The van der Waals surface area contributed by atoms with Crippen LogP contribution in [0.25, 0.3) is 0 Å². The molecule has 0 atom stereocenters. The van der Waals surface area contributed by atoms with Gasteiger partial charge in [-0.1, -0.05) is 24.3 Å². The van der Waals surface area contributed by atoms with Crippen molar-refractivity contribution in [2.24, 2.45) is 7.05 Å². The van der Waals surface area contributed by atoms with Crippen molar-refractivity contribution >= 4 is 11.9 Å². The van der Waals surface area contributed by atoms with Gasteiger partial charge in [0.05, 0.1) is 5.54 Å². The summed E-state index contributed by atoms with van der Waals surface area (Å²) in [5.74, 6) is 1.11. The van der Waals surface area contributed by atoms with E-state index in [2.05, 4.69) is 48.9 Å². The minimum atomic E-state index is -0.0992. The molecule has 26 heavy (non-hydrogen) atoms. The third kappa shape index (κ3) is 3.46. The first kappa shape index (κ1) is 17.1. The van der Waals surface area contributed by atoms with Crippen LogP contribution in [0.3, 0.4) is 0 Å². The standard InChI is InChI=1S/C20H27N5O/c1-16(26)22-20(7-8-20)18-5-3-17(4-6-18)15-24-11-13-25(14-12-24)19-21-9-10-23(19)2/h3-6,9-10H,7-8,11-15H2,1-2H3,(H,22,26). The van der Waals surface area contributed by atoms with Gasteiger partial charge in [-0.25, -0.2) is 4.98 Å². The molecule has 2 fully saturated rings. The number of benzene rings is 1. The lowest BCUT2D eigenvalue weighted by Crippen LogP contribution is -2.46. The number of anilines is 1. The molecule has 1 aromatic heterocycles. The molecule has 1 aliphatic heterocycles. The Hall–Kier alpha value is -2.34. The molecule has 1 aromatic carbocycles. The molecule has 2 heterocycles. The topological polar surface area (TPSA) is 53.4 Å². The summed E-state index contributed by atoms with van der Waals surface area (Å²) in [6.07, 6.45) is 5.94. The summed E-state index contributed by atoms with van der Waals surface area (Å²) < 4.78 is 2.08. The van der Waals surface area contributed by atoms with Crippen LogP contribution in [0.5, 0.6) is 0 Å².